The second-order valence-corrected chi connectivity index (χ2v) is 7.76. The number of ether oxygens (including phenoxy) is 1. The number of imide groups is 1. The molecule has 1 heterocycles. The average Bonchev–Trinajstić information content (AvgIpc) is 2.90. The maximum absolute atomic E-state index is 12.4. The number of esters is 1. The van der Waals surface area contributed by atoms with Gasteiger partial charge < -0.3 is 10.1 Å². The summed E-state index contributed by atoms with van der Waals surface area (Å²) >= 11 is 0. The Morgan fingerprint density at radius 1 is 1.14 bits per heavy atom. The van der Waals surface area contributed by atoms with E-state index in [1.807, 2.05) is 0 Å². The first-order valence-corrected chi connectivity index (χ1v) is 9.74. The summed E-state index contributed by atoms with van der Waals surface area (Å²) in [6, 6.07) is 6.47. The normalized spacial score (nSPS) is 25.2. The number of carbonyl (C=O) groups excluding carboxylic acids is 4. The lowest BCUT2D eigenvalue weighted by atomic mass is 9.78. The second-order valence-electron chi connectivity index (χ2n) is 7.76. The first-order chi connectivity index (χ1) is 13.3. The molecule has 4 atom stereocenters. The number of hydrogen-bond acceptors (Lipinski definition) is 5. The van der Waals surface area contributed by atoms with Gasteiger partial charge >= 0.3 is 5.97 Å². The Morgan fingerprint density at radius 3 is 2.36 bits per heavy atom. The SMILES string of the molecule is C[C@@H]1[C@@H](C)CCC[C@H]1NC(=O)[C@@H](C)OC(=O)CN1C(=O)c2ccccc2C1=O. The molecular weight excluding hydrogens is 360 g/mol. The monoisotopic (exact) mass is 386 g/mol. The zero-order valence-electron chi connectivity index (χ0n) is 16.4. The minimum Gasteiger partial charge on any atom is -0.451 e. The molecule has 0 radical (unpaired) electrons. The van der Waals surface area contributed by atoms with Crippen LogP contribution in [0.15, 0.2) is 24.3 Å². The number of fused-ring (bicyclic) bond motifs is 1. The summed E-state index contributed by atoms with van der Waals surface area (Å²) in [6.07, 6.45) is 2.13. The lowest BCUT2D eigenvalue weighted by Gasteiger charge is -2.35. The minimum atomic E-state index is -0.993. The molecule has 3 rings (SSSR count). The van der Waals surface area contributed by atoms with E-state index in [2.05, 4.69) is 19.2 Å². The number of benzene rings is 1. The first-order valence-electron chi connectivity index (χ1n) is 9.74. The van der Waals surface area contributed by atoms with Crippen LogP contribution in [0.4, 0.5) is 0 Å². The summed E-state index contributed by atoms with van der Waals surface area (Å²) in [5, 5.41) is 2.97. The van der Waals surface area contributed by atoms with Crippen LogP contribution in [-0.2, 0) is 14.3 Å². The molecule has 7 heteroatoms. The third kappa shape index (κ3) is 3.93. The molecule has 1 fully saturated rings. The van der Waals surface area contributed by atoms with Gasteiger partial charge in [-0.15, -0.1) is 0 Å². The van der Waals surface area contributed by atoms with Crippen LogP contribution < -0.4 is 5.32 Å². The molecule has 2 aliphatic rings. The highest BCUT2D eigenvalue weighted by Crippen LogP contribution is 2.29. The van der Waals surface area contributed by atoms with Gasteiger partial charge in [0.1, 0.15) is 6.54 Å². The van der Waals surface area contributed by atoms with Gasteiger partial charge in [-0.1, -0.05) is 38.8 Å². The highest BCUT2D eigenvalue weighted by Gasteiger charge is 2.37. The molecule has 0 bridgehead atoms. The highest BCUT2D eigenvalue weighted by atomic mass is 16.5. The molecule has 1 aliphatic heterocycles. The number of nitrogens with zero attached hydrogens (tertiary/aromatic N) is 1. The molecule has 0 saturated heterocycles. The van der Waals surface area contributed by atoms with Gasteiger partial charge in [0.05, 0.1) is 11.1 Å². The molecule has 1 aliphatic carbocycles. The van der Waals surface area contributed by atoms with Crippen molar-refractivity contribution >= 4 is 23.7 Å². The van der Waals surface area contributed by atoms with Gasteiger partial charge in [-0.2, -0.15) is 0 Å². The predicted molar refractivity (Wildman–Crippen MR) is 101 cm³/mol. The van der Waals surface area contributed by atoms with Crippen LogP contribution in [0.25, 0.3) is 0 Å². The Labute approximate surface area is 164 Å². The standard InChI is InChI=1S/C21H26N2O5/c1-12-7-6-10-17(13(12)2)22-19(25)14(3)28-18(24)11-23-20(26)15-8-4-5-9-16(15)21(23)27/h4-5,8-9,12-14,17H,6-7,10-11H2,1-3H3,(H,22,25)/t12-,13+,14+,17+/m0/s1. The van der Waals surface area contributed by atoms with Crippen molar-refractivity contribution in [3.8, 4) is 0 Å². The summed E-state index contributed by atoms with van der Waals surface area (Å²) < 4.78 is 5.18. The summed E-state index contributed by atoms with van der Waals surface area (Å²) in [7, 11) is 0. The van der Waals surface area contributed by atoms with Crippen molar-refractivity contribution in [3.05, 3.63) is 35.4 Å². The van der Waals surface area contributed by atoms with Crippen molar-refractivity contribution in [3.63, 3.8) is 0 Å². The summed E-state index contributed by atoms with van der Waals surface area (Å²) in [5.41, 5.74) is 0.540. The molecular formula is C21H26N2O5. The van der Waals surface area contributed by atoms with E-state index in [4.69, 9.17) is 4.74 Å². The minimum absolute atomic E-state index is 0.0636. The molecule has 1 aromatic carbocycles. The lowest BCUT2D eigenvalue weighted by molar-refractivity contribution is -0.155. The van der Waals surface area contributed by atoms with E-state index in [0.717, 1.165) is 24.2 Å². The number of carbonyl (C=O) groups is 4. The van der Waals surface area contributed by atoms with Crippen LogP contribution in [0.3, 0.4) is 0 Å². The number of nitrogens with one attached hydrogen (secondary N) is 1. The molecule has 0 spiro atoms. The predicted octanol–water partition coefficient (Wildman–Crippen LogP) is 2.16. The largest absolute Gasteiger partial charge is 0.451 e. The van der Waals surface area contributed by atoms with Crippen molar-refractivity contribution < 1.29 is 23.9 Å². The van der Waals surface area contributed by atoms with Crippen molar-refractivity contribution in [2.75, 3.05) is 6.54 Å². The van der Waals surface area contributed by atoms with Crippen molar-refractivity contribution in [2.45, 2.75) is 52.2 Å². The molecule has 1 aromatic rings. The van der Waals surface area contributed by atoms with Gasteiger partial charge in [0, 0.05) is 6.04 Å². The van der Waals surface area contributed by atoms with E-state index in [1.54, 1.807) is 24.3 Å². The van der Waals surface area contributed by atoms with Crippen molar-refractivity contribution in [2.24, 2.45) is 11.8 Å². The topological polar surface area (TPSA) is 92.8 Å². The first kappa shape index (κ1) is 20.0. The molecule has 3 amide bonds. The van der Waals surface area contributed by atoms with Crippen molar-refractivity contribution in [1.29, 1.82) is 0 Å². The molecule has 7 nitrogen and oxygen atoms in total. The fourth-order valence-corrected chi connectivity index (χ4v) is 3.89. The van der Waals surface area contributed by atoms with E-state index in [0.29, 0.717) is 11.8 Å². The van der Waals surface area contributed by atoms with Crippen LogP contribution in [0.2, 0.25) is 0 Å². The Balaban J connectivity index is 1.54. The van der Waals surface area contributed by atoms with Crippen molar-refractivity contribution in [1.82, 2.24) is 10.2 Å². The molecule has 0 unspecified atom stereocenters. The van der Waals surface area contributed by atoms with E-state index in [9.17, 15) is 19.2 Å². The maximum Gasteiger partial charge on any atom is 0.326 e. The zero-order chi connectivity index (χ0) is 20.4. The zero-order valence-corrected chi connectivity index (χ0v) is 16.4. The van der Waals surface area contributed by atoms with E-state index in [-0.39, 0.29) is 23.1 Å². The quantitative estimate of drug-likeness (QED) is 0.618. The van der Waals surface area contributed by atoms with E-state index in [1.165, 1.54) is 6.92 Å². The van der Waals surface area contributed by atoms with E-state index < -0.39 is 30.4 Å². The Bertz CT molecular complexity index is 771. The van der Waals surface area contributed by atoms with Gasteiger partial charge in [0.2, 0.25) is 0 Å². The summed E-state index contributed by atoms with van der Waals surface area (Å²) in [4.78, 5) is 50.1. The van der Waals surface area contributed by atoms with Gasteiger partial charge in [-0.3, -0.25) is 24.1 Å². The lowest BCUT2D eigenvalue weighted by Crippen LogP contribution is -2.48. The smallest absolute Gasteiger partial charge is 0.326 e. The highest BCUT2D eigenvalue weighted by molar-refractivity contribution is 6.22. The van der Waals surface area contributed by atoms with Gasteiger partial charge in [-0.05, 0) is 37.3 Å². The fraction of sp³-hybridized carbons (Fsp3) is 0.524. The maximum atomic E-state index is 12.4. The second kappa shape index (κ2) is 8.12. The fourth-order valence-electron chi connectivity index (χ4n) is 3.89. The third-order valence-electron chi connectivity index (χ3n) is 5.88. The Kier molecular flexibility index (Phi) is 5.82. The number of amides is 3. The van der Waals surface area contributed by atoms with E-state index >= 15 is 0 Å². The molecule has 28 heavy (non-hydrogen) atoms. The number of rotatable bonds is 5. The third-order valence-corrected chi connectivity index (χ3v) is 5.88. The molecule has 1 saturated carbocycles. The summed E-state index contributed by atoms with van der Waals surface area (Å²) in [6.45, 7) is 5.27. The average molecular weight is 386 g/mol. The number of hydrogen-bond donors (Lipinski definition) is 1. The Hall–Kier alpha value is -2.70. The van der Waals surface area contributed by atoms with Crippen LogP contribution in [0.5, 0.6) is 0 Å². The molecule has 150 valence electrons. The van der Waals surface area contributed by atoms with Crippen LogP contribution >= 0.6 is 0 Å². The van der Waals surface area contributed by atoms with Crippen LogP contribution in [0.1, 0.15) is 60.7 Å². The van der Waals surface area contributed by atoms with Gasteiger partial charge in [-0.25, -0.2) is 0 Å². The van der Waals surface area contributed by atoms with Crippen LogP contribution in [-0.4, -0.2) is 47.3 Å². The Morgan fingerprint density at radius 2 is 1.75 bits per heavy atom. The van der Waals surface area contributed by atoms with Gasteiger partial charge in [0.25, 0.3) is 17.7 Å². The summed E-state index contributed by atoms with van der Waals surface area (Å²) in [5.74, 6) is -1.31. The molecule has 1 N–H and O–H groups in total. The molecule has 0 aromatic heterocycles. The van der Waals surface area contributed by atoms with Gasteiger partial charge in [0.15, 0.2) is 6.10 Å². The van der Waals surface area contributed by atoms with Crippen LogP contribution in [0, 0.1) is 11.8 Å².